The van der Waals surface area contributed by atoms with Crippen molar-refractivity contribution in [3.63, 3.8) is 0 Å². The van der Waals surface area contributed by atoms with Gasteiger partial charge < -0.3 is 4.74 Å². The summed E-state index contributed by atoms with van der Waals surface area (Å²) in [6.07, 6.45) is -0.123. The smallest absolute Gasteiger partial charge is 0.338 e. The van der Waals surface area contributed by atoms with Crippen LogP contribution in [0, 0.1) is 6.92 Å². The molecule has 2 rings (SSSR count). The molecule has 1 aromatic carbocycles. The molecule has 18 heavy (non-hydrogen) atoms. The number of benzene rings is 1. The first-order chi connectivity index (χ1) is 8.37. The minimum atomic E-state index is -3.03. The summed E-state index contributed by atoms with van der Waals surface area (Å²) >= 11 is 3.29. The molecule has 1 unspecified atom stereocenters. The maximum absolute atomic E-state index is 11.9. The summed E-state index contributed by atoms with van der Waals surface area (Å²) in [5, 5.41) is 0. The molecule has 0 amide bonds. The molecular formula is C12H13BrO4S. The molecule has 1 saturated heterocycles. The van der Waals surface area contributed by atoms with Crippen LogP contribution in [0.5, 0.6) is 0 Å². The monoisotopic (exact) mass is 332 g/mol. The van der Waals surface area contributed by atoms with Gasteiger partial charge in [-0.1, -0.05) is 22.0 Å². The van der Waals surface area contributed by atoms with Gasteiger partial charge in [-0.05, 0) is 31.0 Å². The van der Waals surface area contributed by atoms with E-state index in [-0.39, 0.29) is 11.5 Å². The second kappa shape index (κ2) is 5.01. The number of carbonyl (C=O) groups excluding carboxylic acids is 1. The van der Waals surface area contributed by atoms with Crippen molar-refractivity contribution in [3.8, 4) is 0 Å². The highest BCUT2D eigenvalue weighted by molar-refractivity contribution is 9.10. The number of halogens is 1. The number of esters is 1. The zero-order chi connectivity index (χ0) is 13.3. The van der Waals surface area contributed by atoms with Gasteiger partial charge in [-0.25, -0.2) is 13.2 Å². The summed E-state index contributed by atoms with van der Waals surface area (Å²) in [5.74, 6) is -0.426. The number of sulfone groups is 1. The average Bonchev–Trinajstić information content (AvgIpc) is 2.61. The Morgan fingerprint density at radius 1 is 1.44 bits per heavy atom. The van der Waals surface area contributed by atoms with Crippen LogP contribution in [0.25, 0.3) is 0 Å². The molecule has 0 radical (unpaired) electrons. The van der Waals surface area contributed by atoms with Crippen LogP contribution in [0.2, 0.25) is 0 Å². The van der Waals surface area contributed by atoms with Gasteiger partial charge in [-0.15, -0.1) is 0 Å². The largest absolute Gasteiger partial charge is 0.458 e. The fourth-order valence-corrected chi connectivity index (χ4v) is 3.83. The molecule has 1 aliphatic rings. The molecule has 0 N–H and O–H groups in total. The van der Waals surface area contributed by atoms with Crippen molar-refractivity contribution in [2.75, 3.05) is 11.5 Å². The van der Waals surface area contributed by atoms with Crippen LogP contribution in [0.4, 0.5) is 0 Å². The third kappa shape index (κ3) is 3.11. The number of hydrogen-bond acceptors (Lipinski definition) is 4. The van der Waals surface area contributed by atoms with Crippen LogP contribution >= 0.6 is 15.9 Å². The molecule has 1 fully saturated rings. The fraction of sp³-hybridized carbons (Fsp3) is 0.417. The molecule has 0 saturated carbocycles. The van der Waals surface area contributed by atoms with Crippen molar-refractivity contribution in [1.29, 1.82) is 0 Å². The number of ether oxygens (including phenoxy) is 1. The molecule has 0 spiro atoms. The predicted octanol–water partition coefficient (Wildman–Crippen LogP) is 2.10. The molecule has 4 nitrogen and oxygen atoms in total. The van der Waals surface area contributed by atoms with E-state index >= 15 is 0 Å². The summed E-state index contributed by atoms with van der Waals surface area (Å²) in [4.78, 5) is 11.9. The number of hydrogen-bond donors (Lipinski definition) is 0. The Hall–Kier alpha value is -0.880. The van der Waals surface area contributed by atoms with E-state index in [1.54, 1.807) is 6.07 Å². The first-order valence-corrected chi connectivity index (χ1v) is 8.16. The zero-order valence-electron chi connectivity index (χ0n) is 9.85. The molecule has 6 heteroatoms. The molecule has 1 heterocycles. The van der Waals surface area contributed by atoms with Crippen LogP contribution < -0.4 is 0 Å². The lowest BCUT2D eigenvalue weighted by Crippen LogP contribution is -2.20. The van der Waals surface area contributed by atoms with Gasteiger partial charge in [0.15, 0.2) is 9.84 Å². The van der Waals surface area contributed by atoms with E-state index in [0.717, 1.165) is 10.0 Å². The Balaban J connectivity index is 2.11. The summed E-state index contributed by atoms with van der Waals surface area (Å²) in [5.41, 5.74) is 1.28. The van der Waals surface area contributed by atoms with Gasteiger partial charge in [0.05, 0.1) is 17.1 Å². The topological polar surface area (TPSA) is 60.4 Å². The van der Waals surface area contributed by atoms with E-state index in [9.17, 15) is 13.2 Å². The lowest BCUT2D eigenvalue weighted by molar-refractivity contribution is 0.0355. The van der Waals surface area contributed by atoms with Crippen LogP contribution in [0.1, 0.15) is 22.3 Å². The van der Waals surface area contributed by atoms with Crippen LogP contribution in [-0.2, 0) is 14.6 Å². The van der Waals surface area contributed by atoms with Crippen molar-refractivity contribution >= 4 is 31.7 Å². The lowest BCUT2D eigenvalue weighted by atomic mass is 10.1. The fourth-order valence-electron chi connectivity index (χ4n) is 1.88. The SMILES string of the molecule is Cc1ccc(Br)cc1C(=O)OC1CCS(=O)(=O)C1. The number of aryl methyl sites for hydroxylation is 1. The molecule has 1 aliphatic heterocycles. The van der Waals surface area contributed by atoms with Gasteiger partial charge in [-0.2, -0.15) is 0 Å². The van der Waals surface area contributed by atoms with Gasteiger partial charge in [-0.3, -0.25) is 0 Å². The summed E-state index contributed by atoms with van der Waals surface area (Å²) in [6, 6.07) is 5.33. The van der Waals surface area contributed by atoms with E-state index in [2.05, 4.69) is 15.9 Å². The Labute approximate surface area is 114 Å². The molecular weight excluding hydrogens is 320 g/mol. The molecule has 0 aromatic heterocycles. The van der Waals surface area contributed by atoms with Crippen LogP contribution in [-0.4, -0.2) is 32.0 Å². The Bertz CT molecular complexity index is 580. The maximum atomic E-state index is 11.9. The molecule has 1 aromatic rings. The van der Waals surface area contributed by atoms with Crippen molar-refractivity contribution in [2.45, 2.75) is 19.4 Å². The van der Waals surface area contributed by atoms with Gasteiger partial charge >= 0.3 is 5.97 Å². The molecule has 0 bridgehead atoms. The molecule has 98 valence electrons. The average molecular weight is 333 g/mol. The predicted molar refractivity (Wildman–Crippen MR) is 71.4 cm³/mol. The van der Waals surface area contributed by atoms with Gasteiger partial charge in [0.1, 0.15) is 6.10 Å². The van der Waals surface area contributed by atoms with E-state index in [0.29, 0.717) is 12.0 Å². The van der Waals surface area contributed by atoms with Crippen molar-refractivity contribution in [2.24, 2.45) is 0 Å². The second-order valence-corrected chi connectivity index (χ2v) is 7.53. The van der Waals surface area contributed by atoms with E-state index in [1.807, 2.05) is 19.1 Å². The van der Waals surface area contributed by atoms with Crippen LogP contribution in [0.15, 0.2) is 22.7 Å². The first kappa shape index (κ1) is 13.5. The van der Waals surface area contributed by atoms with Crippen molar-refractivity contribution in [1.82, 2.24) is 0 Å². The maximum Gasteiger partial charge on any atom is 0.338 e. The quantitative estimate of drug-likeness (QED) is 0.778. The van der Waals surface area contributed by atoms with E-state index in [1.165, 1.54) is 0 Å². The normalized spacial score (nSPS) is 21.8. The van der Waals surface area contributed by atoms with Gasteiger partial charge in [0.2, 0.25) is 0 Å². The van der Waals surface area contributed by atoms with Crippen molar-refractivity contribution < 1.29 is 17.9 Å². The minimum absolute atomic E-state index is 0.0637. The minimum Gasteiger partial charge on any atom is -0.458 e. The standard InChI is InChI=1S/C12H13BrO4S/c1-8-2-3-9(13)6-11(8)12(14)17-10-4-5-18(15,16)7-10/h2-3,6,10H,4-5,7H2,1H3. The Morgan fingerprint density at radius 3 is 2.78 bits per heavy atom. The van der Waals surface area contributed by atoms with Crippen LogP contribution in [0.3, 0.4) is 0 Å². The van der Waals surface area contributed by atoms with E-state index < -0.39 is 21.9 Å². The van der Waals surface area contributed by atoms with Crippen molar-refractivity contribution in [3.05, 3.63) is 33.8 Å². The van der Waals surface area contributed by atoms with Gasteiger partial charge in [0.25, 0.3) is 0 Å². The Kier molecular flexibility index (Phi) is 3.77. The molecule has 0 aliphatic carbocycles. The lowest BCUT2D eigenvalue weighted by Gasteiger charge is -2.11. The highest BCUT2D eigenvalue weighted by atomic mass is 79.9. The summed E-state index contributed by atoms with van der Waals surface area (Å²) in [6.45, 7) is 1.81. The highest BCUT2D eigenvalue weighted by Gasteiger charge is 2.31. The zero-order valence-corrected chi connectivity index (χ0v) is 12.3. The first-order valence-electron chi connectivity index (χ1n) is 5.55. The Morgan fingerprint density at radius 2 is 2.17 bits per heavy atom. The molecule has 1 atom stereocenters. The number of carbonyl (C=O) groups is 1. The summed E-state index contributed by atoms with van der Waals surface area (Å²) < 4.78 is 28.6. The number of rotatable bonds is 2. The van der Waals surface area contributed by atoms with Gasteiger partial charge in [0, 0.05) is 4.47 Å². The second-order valence-electron chi connectivity index (χ2n) is 4.39. The third-order valence-electron chi connectivity index (χ3n) is 2.88. The van der Waals surface area contributed by atoms with E-state index in [4.69, 9.17) is 4.74 Å². The summed E-state index contributed by atoms with van der Waals surface area (Å²) in [7, 11) is -3.03. The third-order valence-corrected chi connectivity index (χ3v) is 5.11. The highest BCUT2D eigenvalue weighted by Crippen LogP contribution is 2.20.